The molecule has 8 nitrogen and oxygen atoms in total. The Hall–Kier alpha value is -2.55. The molecule has 0 saturated carbocycles. The van der Waals surface area contributed by atoms with Crippen molar-refractivity contribution in [3.05, 3.63) is 29.8 Å². The van der Waals surface area contributed by atoms with E-state index in [4.69, 9.17) is 9.47 Å². The number of hydrogen-bond donors (Lipinski definition) is 1. The van der Waals surface area contributed by atoms with Crippen LogP contribution in [0, 0.1) is 0 Å². The Labute approximate surface area is 173 Å². The highest BCUT2D eigenvalue weighted by atomic mass is 32.2. The number of anilines is 1. The van der Waals surface area contributed by atoms with E-state index in [1.807, 2.05) is 6.92 Å². The van der Waals surface area contributed by atoms with Gasteiger partial charge in [-0.2, -0.15) is 0 Å². The van der Waals surface area contributed by atoms with Crippen LogP contribution >= 0.6 is 11.8 Å². The average Bonchev–Trinajstić information content (AvgIpc) is 3.16. The summed E-state index contributed by atoms with van der Waals surface area (Å²) in [6, 6.07) is 5.57. The summed E-state index contributed by atoms with van der Waals surface area (Å²) in [7, 11) is 0. The minimum atomic E-state index is -0.654. The van der Waals surface area contributed by atoms with Crippen molar-refractivity contribution >= 4 is 41.2 Å². The Morgan fingerprint density at radius 3 is 2.62 bits per heavy atom. The van der Waals surface area contributed by atoms with E-state index in [0.717, 1.165) is 0 Å². The zero-order valence-corrected chi connectivity index (χ0v) is 17.4. The van der Waals surface area contributed by atoms with Crippen LogP contribution in [0.1, 0.15) is 44.0 Å². The van der Waals surface area contributed by atoms with E-state index < -0.39 is 30.5 Å². The molecule has 1 aromatic rings. The van der Waals surface area contributed by atoms with Gasteiger partial charge in [0.25, 0.3) is 5.91 Å². The maximum atomic E-state index is 12.4. The molecule has 2 amide bonds. The standard InChI is InChI=1S/C20H24N2O6S/c1-12(2)28-18(25)13-4-6-14(7-5-13)21-16(23)10-27-19(26)15-11-29-20(3)9-8-17(24)22(15)20/h4-7,12,15H,8-11H2,1-3H3,(H,21,23)/t15?,20-/m1/s1. The molecule has 0 aromatic heterocycles. The molecule has 2 heterocycles. The molecule has 0 aliphatic carbocycles. The maximum absolute atomic E-state index is 12.4. The first kappa shape index (κ1) is 21.2. The molecule has 1 N–H and O–H groups in total. The lowest BCUT2D eigenvalue weighted by Gasteiger charge is -2.29. The van der Waals surface area contributed by atoms with Gasteiger partial charge in [0.1, 0.15) is 6.04 Å². The number of esters is 2. The zero-order chi connectivity index (χ0) is 21.2. The Kier molecular flexibility index (Phi) is 6.16. The van der Waals surface area contributed by atoms with Crippen LogP contribution in [0.5, 0.6) is 0 Å². The molecular formula is C20H24N2O6S. The number of nitrogens with zero attached hydrogens (tertiary/aromatic N) is 1. The summed E-state index contributed by atoms with van der Waals surface area (Å²) in [6.07, 6.45) is 0.916. The second-order valence-electron chi connectivity index (χ2n) is 7.45. The van der Waals surface area contributed by atoms with Crippen molar-refractivity contribution in [3.63, 3.8) is 0 Å². The van der Waals surface area contributed by atoms with Gasteiger partial charge in [0.2, 0.25) is 5.91 Å². The number of carbonyl (C=O) groups is 4. The van der Waals surface area contributed by atoms with E-state index in [0.29, 0.717) is 29.8 Å². The summed E-state index contributed by atoms with van der Waals surface area (Å²) >= 11 is 1.57. The van der Waals surface area contributed by atoms with Gasteiger partial charge < -0.3 is 19.7 Å². The topological polar surface area (TPSA) is 102 Å². The fourth-order valence-electron chi connectivity index (χ4n) is 3.40. The third-order valence-electron chi connectivity index (χ3n) is 4.81. The zero-order valence-electron chi connectivity index (χ0n) is 16.6. The van der Waals surface area contributed by atoms with Crippen molar-refractivity contribution in [2.24, 2.45) is 0 Å². The normalized spacial score (nSPS) is 23.1. The number of carbonyl (C=O) groups excluding carboxylic acids is 4. The van der Waals surface area contributed by atoms with Gasteiger partial charge in [-0.05, 0) is 51.5 Å². The number of amides is 2. The number of ether oxygens (including phenoxy) is 2. The Bertz CT molecular complexity index is 825. The van der Waals surface area contributed by atoms with E-state index in [-0.39, 0.29) is 16.9 Å². The monoisotopic (exact) mass is 420 g/mol. The van der Waals surface area contributed by atoms with Gasteiger partial charge in [0.15, 0.2) is 6.61 Å². The Balaban J connectivity index is 1.49. The van der Waals surface area contributed by atoms with Gasteiger partial charge in [0.05, 0.1) is 16.5 Å². The summed E-state index contributed by atoms with van der Waals surface area (Å²) in [5, 5.41) is 2.60. The second kappa shape index (κ2) is 8.44. The highest BCUT2D eigenvalue weighted by molar-refractivity contribution is 8.01. The first-order chi connectivity index (χ1) is 13.7. The van der Waals surface area contributed by atoms with Crippen LogP contribution in [0.15, 0.2) is 24.3 Å². The molecule has 2 aliphatic heterocycles. The van der Waals surface area contributed by atoms with E-state index in [1.165, 1.54) is 0 Å². The summed E-state index contributed by atoms with van der Waals surface area (Å²) in [6.45, 7) is 5.02. The first-order valence-electron chi connectivity index (χ1n) is 9.43. The molecule has 2 aliphatic rings. The molecular weight excluding hydrogens is 396 g/mol. The van der Waals surface area contributed by atoms with Crippen molar-refractivity contribution in [1.29, 1.82) is 0 Å². The Morgan fingerprint density at radius 1 is 1.28 bits per heavy atom. The van der Waals surface area contributed by atoms with Crippen molar-refractivity contribution in [2.45, 2.75) is 50.6 Å². The lowest BCUT2D eigenvalue weighted by atomic mass is 10.2. The summed E-state index contributed by atoms with van der Waals surface area (Å²) in [5.41, 5.74) is 0.839. The molecule has 0 spiro atoms. The molecule has 1 aromatic carbocycles. The van der Waals surface area contributed by atoms with E-state index in [2.05, 4.69) is 5.32 Å². The predicted octanol–water partition coefficient (Wildman–Crippen LogP) is 2.19. The molecule has 0 bridgehead atoms. The number of benzene rings is 1. The number of thioether (sulfide) groups is 1. The highest BCUT2D eigenvalue weighted by Crippen LogP contribution is 2.47. The second-order valence-corrected chi connectivity index (χ2v) is 8.95. The highest BCUT2D eigenvalue weighted by Gasteiger charge is 2.53. The molecule has 9 heteroatoms. The summed E-state index contributed by atoms with van der Waals surface area (Å²) in [5.74, 6) is -1.10. The molecule has 29 heavy (non-hydrogen) atoms. The smallest absolute Gasteiger partial charge is 0.338 e. The molecule has 2 saturated heterocycles. The van der Waals surface area contributed by atoms with Crippen LogP contribution in [0.25, 0.3) is 0 Å². The quantitative estimate of drug-likeness (QED) is 0.704. The first-order valence-corrected chi connectivity index (χ1v) is 10.4. The van der Waals surface area contributed by atoms with Gasteiger partial charge in [-0.15, -0.1) is 11.8 Å². The molecule has 156 valence electrons. The number of hydrogen-bond acceptors (Lipinski definition) is 7. The van der Waals surface area contributed by atoms with Crippen LogP contribution in [-0.4, -0.2) is 58.0 Å². The van der Waals surface area contributed by atoms with Gasteiger partial charge in [-0.25, -0.2) is 9.59 Å². The minimum Gasteiger partial charge on any atom is -0.459 e. The van der Waals surface area contributed by atoms with Crippen LogP contribution in [0.2, 0.25) is 0 Å². The fourth-order valence-corrected chi connectivity index (χ4v) is 4.81. The number of rotatable bonds is 6. The summed E-state index contributed by atoms with van der Waals surface area (Å²) in [4.78, 5) is 49.6. The molecule has 3 rings (SSSR count). The maximum Gasteiger partial charge on any atom is 0.338 e. The average molecular weight is 420 g/mol. The van der Waals surface area contributed by atoms with Crippen LogP contribution < -0.4 is 5.32 Å². The van der Waals surface area contributed by atoms with E-state index in [9.17, 15) is 19.2 Å². The number of fused-ring (bicyclic) bond motifs is 1. The van der Waals surface area contributed by atoms with Crippen molar-refractivity contribution in [2.75, 3.05) is 17.7 Å². The number of nitrogens with one attached hydrogen (secondary N) is 1. The third kappa shape index (κ3) is 4.72. The third-order valence-corrected chi connectivity index (χ3v) is 6.31. The van der Waals surface area contributed by atoms with Crippen molar-refractivity contribution < 1.29 is 28.7 Å². The molecule has 1 unspecified atom stereocenters. The summed E-state index contributed by atoms with van der Waals surface area (Å²) < 4.78 is 10.2. The van der Waals surface area contributed by atoms with Gasteiger partial charge in [-0.1, -0.05) is 0 Å². The minimum absolute atomic E-state index is 0.0556. The lowest BCUT2D eigenvalue weighted by Crippen LogP contribution is -2.47. The van der Waals surface area contributed by atoms with Gasteiger partial charge in [0, 0.05) is 17.9 Å². The van der Waals surface area contributed by atoms with E-state index in [1.54, 1.807) is 54.8 Å². The van der Waals surface area contributed by atoms with Crippen molar-refractivity contribution in [3.8, 4) is 0 Å². The van der Waals surface area contributed by atoms with Crippen LogP contribution in [0.3, 0.4) is 0 Å². The van der Waals surface area contributed by atoms with E-state index >= 15 is 0 Å². The SMILES string of the molecule is CC(C)OC(=O)c1ccc(NC(=O)COC(=O)C2CS[C@]3(C)CCC(=O)N23)cc1. The molecule has 0 radical (unpaired) electrons. The van der Waals surface area contributed by atoms with Crippen LogP contribution in [-0.2, 0) is 23.9 Å². The molecule has 2 fully saturated rings. The lowest BCUT2D eigenvalue weighted by molar-refractivity contribution is -0.155. The van der Waals surface area contributed by atoms with Gasteiger partial charge >= 0.3 is 11.9 Å². The fraction of sp³-hybridized carbons (Fsp3) is 0.500. The molecule has 2 atom stereocenters. The Morgan fingerprint density at radius 2 is 1.97 bits per heavy atom. The predicted molar refractivity (Wildman–Crippen MR) is 107 cm³/mol. The largest absolute Gasteiger partial charge is 0.459 e. The van der Waals surface area contributed by atoms with Crippen LogP contribution in [0.4, 0.5) is 5.69 Å². The van der Waals surface area contributed by atoms with Gasteiger partial charge in [-0.3, -0.25) is 9.59 Å². The van der Waals surface area contributed by atoms with Crippen molar-refractivity contribution in [1.82, 2.24) is 4.90 Å².